The van der Waals surface area contributed by atoms with Crippen LogP contribution in [0, 0.1) is 11.8 Å². The molecule has 0 bridgehead atoms. The van der Waals surface area contributed by atoms with E-state index >= 15 is 0 Å². The Kier molecular flexibility index (Phi) is 11.2. The first kappa shape index (κ1) is 39.3. The van der Waals surface area contributed by atoms with Crippen molar-refractivity contribution in [2.45, 2.75) is 75.9 Å². The van der Waals surface area contributed by atoms with Crippen LogP contribution in [0.3, 0.4) is 0 Å². The fourth-order valence-corrected chi connectivity index (χ4v) is 9.67. The second kappa shape index (κ2) is 16.8. The Morgan fingerprint density at radius 1 is 0.898 bits per heavy atom. The maximum Gasteiger partial charge on any atom is 0.278 e. The van der Waals surface area contributed by atoms with Crippen LogP contribution in [0.4, 0.5) is 11.5 Å². The summed E-state index contributed by atoms with van der Waals surface area (Å²) in [7, 11) is 0. The number of nitrogens with one attached hydrogen (secondary N) is 3. The van der Waals surface area contributed by atoms with Gasteiger partial charge in [0.2, 0.25) is 5.91 Å². The number of halogens is 2. The van der Waals surface area contributed by atoms with Crippen LogP contribution in [0.25, 0.3) is 22.1 Å². The van der Waals surface area contributed by atoms with Gasteiger partial charge in [-0.3, -0.25) is 24.5 Å². The van der Waals surface area contributed by atoms with Gasteiger partial charge in [-0.2, -0.15) is 4.68 Å². The van der Waals surface area contributed by atoms with Crippen LogP contribution in [-0.2, 0) is 9.59 Å². The van der Waals surface area contributed by atoms with Crippen molar-refractivity contribution in [2.24, 2.45) is 11.8 Å². The average Bonchev–Trinajstić information content (AvgIpc) is 3.65. The molecule has 3 N–H and O–H groups in total. The number of nitrogens with zero attached hydrogens (tertiary/aromatic N) is 9. The number of hydrogen-bond acceptors (Lipinski definition) is 12. The zero-order chi connectivity index (χ0) is 40.6. The van der Waals surface area contributed by atoms with Gasteiger partial charge >= 0.3 is 0 Å². The smallest absolute Gasteiger partial charge is 0.278 e. The molecule has 6 heterocycles. The molecule has 5 aromatic rings. The van der Waals surface area contributed by atoms with Gasteiger partial charge in [-0.1, -0.05) is 34.5 Å². The van der Waals surface area contributed by atoms with Crippen LogP contribution in [0.2, 0.25) is 10.0 Å². The highest BCUT2D eigenvalue weighted by atomic mass is 35.5. The molecular weight excluding hydrogens is 795 g/mol. The van der Waals surface area contributed by atoms with E-state index in [1.54, 1.807) is 24.5 Å². The minimum Gasteiger partial charge on any atom is -0.371 e. The van der Waals surface area contributed by atoms with E-state index in [0.29, 0.717) is 38.3 Å². The third-order valence-electron chi connectivity index (χ3n) is 12.6. The number of rotatable bonds is 11. The molecule has 1 aliphatic carbocycles. The van der Waals surface area contributed by atoms with E-state index < -0.39 is 11.9 Å². The first-order valence-corrected chi connectivity index (χ1v) is 21.3. The lowest BCUT2D eigenvalue weighted by Gasteiger charge is -2.38. The summed E-state index contributed by atoms with van der Waals surface area (Å²) in [4.78, 5) is 69.0. The number of amides is 3. The standard InChI is InChI=1S/C41H46Cl2N12O4/c42-30-2-1-3-31(43)35(30)40(58)48-26-18-28(19-26)54-23-47-36-37(45-22-46-38(36)54)44-13-8-24-9-14-52(15-10-24)21-25-11-16-53(17-12-25)27-4-5-32-29(20-27)41(59)55(51-50-32)33-6-7-34(56)49-39(33)57/h1-5,20,22-26,28,33H,6-19,21H2,(H,48,58)(H,44,45,46)(H,49,56,57). The maximum atomic E-state index is 13.4. The largest absolute Gasteiger partial charge is 0.371 e. The Morgan fingerprint density at radius 3 is 2.42 bits per heavy atom. The number of fused-ring (bicyclic) bond motifs is 2. The van der Waals surface area contributed by atoms with E-state index in [0.717, 1.165) is 98.7 Å². The summed E-state index contributed by atoms with van der Waals surface area (Å²) < 4.78 is 3.20. The monoisotopic (exact) mass is 840 g/mol. The third kappa shape index (κ3) is 8.22. The van der Waals surface area contributed by atoms with Gasteiger partial charge in [0.15, 0.2) is 11.5 Å². The predicted molar refractivity (Wildman–Crippen MR) is 224 cm³/mol. The number of likely N-dealkylation sites (tertiary alicyclic amines) is 1. The van der Waals surface area contributed by atoms with Gasteiger partial charge in [-0.05, 0) is 107 Å². The summed E-state index contributed by atoms with van der Waals surface area (Å²) >= 11 is 12.5. The van der Waals surface area contributed by atoms with Crippen LogP contribution < -0.4 is 26.4 Å². The zero-order valence-electron chi connectivity index (χ0n) is 32.5. The maximum absolute atomic E-state index is 13.4. The van der Waals surface area contributed by atoms with Gasteiger partial charge in [0.25, 0.3) is 17.4 Å². The van der Waals surface area contributed by atoms with Gasteiger partial charge in [-0.15, -0.1) is 5.10 Å². The second-order valence-corrected chi connectivity index (χ2v) is 17.2. The molecule has 3 aromatic heterocycles. The quantitative estimate of drug-likeness (QED) is 0.155. The van der Waals surface area contributed by atoms with Crippen LogP contribution in [0.1, 0.15) is 80.2 Å². The van der Waals surface area contributed by atoms with E-state index in [9.17, 15) is 19.2 Å². The number of imidazole rings is 1. The lowest BCUT2D eigenvalue weighted by molar-refractivity contribution is -0.136. The molecule has 4 aliphatic rings. The van der Waals surface area contributed by atoms with Gasteiger partial charge in [0.1, 0.15) is 23.4 Å². The number of imide groups is 1. The number of benzene rings is 2. The normalized spacial score (nSPS) is 22.1. The highest BCUT2D eigenvalue weighted by Gasteiger charge is 2.34. The zero-order valence-corrected chi connectivity index (χ0v) is 34.0. The molecule has 3 aliphatic heterocycles. The number of hydrogen-bond donors (Lipinski definition) is 3. The molecule has 9 rings (SSSR count). The van der Waals surface area contributed by atoms with Crippen LogP contribution in [-0.4, -0.2) is 102 Å². The van der Waals surface area contributed by atoms with Crippen molar-refractivity contribution >= 4 is 74.5 Å². The van der Waals surface area contributed by atoms with E-state index in [-0.39, 0.29) is 42.3 Å². The number of aromatic nitrogens is 7. The summed E-state index contributed by atoms with van der Waals surface area (Å²) in [5.41, 5.74) is 2.93. The first-order chi connectivity index (χ1) is 28.7. The number of carbonyl (C=O) groups is 3. The molecule has 16 nitrogen and oxygen atoms in total. The molecular formula is C41H46Cl2N12O4. The Hall–Kier alpha value is -5.19. The Bertz CT molecular complexity index is 2430. The Morgan fingerprint density at radius 2 is 1.66 bits per heavy atom. The van der Waals surface area contributed by atoms with Crippen LogP contribution >= 0.6 is 23.2 Å². The number of anilines is 2. The van der Waals surface area contributed by atoms with Crippen LogP contribution in [0.5, 0.6) is 0 Å². The minimum absolute atomic E-state index is 0.00904. The van der Waals surface area contributed by atoms with Gasteiger partial charge in [0.05, 0.1) is 27.3 Å². The van der Waals surface area contributed by atoms with E-state index in [1.165, 1.54) is 12.8 Å². The molecule has 3 amide bonds. The molecule has 2 aromatic carbocycles. The molecule has 4 fully saturated rings. The summed E-state index contributed by atoms with van der Waals surface area (Å²) in [5, 5.41) is 18.2. The number of piperidine rings is 3. The molecule has 308 valence electrons. The fourth-order valence-electron chi connectivity index (χ4n) is 9.10. The third-order valence-corrected chi connectivity index (χ3v) is 13.2. The molecule has 1 atom stereocenters. The topological polar surface area (TPSA) is 185 Å². The van der Waals surface area contributed by atoms with Crippen molar-refractivity contribution in [3.63, 3.8) is 0 Å². The average molecular weight is 842 g/mol. The van der Waals surface area contributed by atoms with Gasteiger partial charge in [0, 0.05) is 50.4 Å². The van der Waals surface area contributed by atoms with Gasteiger partial charge < -0.3 is 25.0 Å². The second-order valence-electron chi connectivity index (χ2n) is 16.3. The van der Waals surface area contributed by atoms with E-state index in [4.69, 9.17) is 23.2 Å². The van der Waals surface area contributed by atoms with Crippen molar-refractivity contribution in [1.82, 2.24) is 50.0 Å². The molecule has 1 unspecified atom stereocenters. The van der Waals surface area contributed by atoms with Crippen molar-refractivity contribution in [1.29, 1.82) is 0 Å². The van der Waals surface area contributed by atoms with Crippen molar-refractivity contribution in [2.75, 3.05) is 49.5 Å². The first-order valence-electron chi connectivity index (χ1n) is 20.5. The SMILES string of the molecule is O=C1CCC(n2nnc3ccc(N4CCC(CN5CCC(CCNc6ncnc7c6ncn7C6CC(NC(=O)c7c(Cl)cccc7Cl)C6)CC5)CC4)cc3c2=O)C(=O)N1. The molecule has 0 radical (unpaired) electrons. The lowest BCUT2D eigenvalue weighted by atomic mass is 9.86. The van der Waals surface area contributed by atoms with E-state index in [1.807, 2.05) is 24.5 Å². The summed E-state index contributed by atoms with van der Waals surface area (Å²) in [6.07, 6.45) is 10.9. The molecule has 18 heteroatoms. The summed E-state index contributed by atoms with van der Waals surface area (Å²) in [5.74, 6) is 0.894. The minimum atomic E-state index is -0.842. The predicted octanol–water partition coefficient (Wildman–Crippen LogP) is 4.78. The summed E-state index contributed by atoms with van der Waals surface area (Å²) in [6, 6.07) is 10.1. The molecule has 1 saturated carbocycles. The number of carbonyl (C=O) groups excluding carboxylic acids is 3. The van der Waals surface area contributed by atoms with Crippen molar-refractivity contribution in [3.8, 4) is 0 Å². The van der Waals surface area contributed by atoms with Crippen molar-refractivity contribution < 1.29 is 14.4 Å². The highest BCUT2D eigenvalue weighted by Crippen LogP contribution is 2.36. The molecule has 59 heavy (non-hydrogen) atoms. The summed E-state index contributed by atoms with van der Waals surface area (Å²) in [6.45, 7) is 5.95. The molecule has 0 spiro atoms. The lowest BCUT2D eigenvalue weighted by Crippen LogP contribution is -2.45. The Labute approximate surface area is 350 Å². The van der Waals surface area contributed by atoms with Crippen molar-refractivity contribution in [3.05, 3.63) is 75.0 Å². The fraction of sp³-hybridized carbons (Fsp3) is 0.488. The van der Waals surface area contributed by atoms with Gasteiger partial charge in [-0.25, -0.2) is 15.0 Å². The Balaban J connectivity index is 0.710. The highest BCUT2D eigenvalue weighted by molar-refractivity contribution is 6.39. The van der Waals surface area contributed by atoms with E-state index in [2.05, 4.69) is 55.6 Å². The van der Waals surface area contributed by atoms with Crippen LogP contribution in [0.15, 0.2) is 53.8 Å². The molecule has 3 saturated heterocycles.